The van der Waals surface area contributed by atoms with Crippen LogP contribution in [0.4, 0.5) is 0 Å². The van der Waals surface area contributed by atoms with E-state index in [1.807, 2.05) is 0 Å². The lowest BCUT2D eigenvalue weighted by atomic mass is 10.1. The van der Waals surface area contributed by atoms with Gasteiger partial charge in [-0.15, -0.1) is 0 Å². The maximum atomic E-state index is 11.4. The van der Waals surface area contributed by atoms with E-state index in [0.717, 1.165) is 0 Å². The van der Waals surface area contributed by atoms with E-state index in [0.29, 0.717) is 12.0 Å². The number of aliphatic hydroxyl groups excluding tert-OH is 1. The van der Waals surface area contributed by atoms with E-state index in [9.17, 15) is 9.59 Å². The summed E-state index contributed by atoms with van der Waals surface area (Å²) in [5, 5.41) is 8.84. The highest BCUT2D eigenvalue weighted by molar-refractivity contribution is 5.10. The molecule has 1 aliphatic rings. The third-order valence-electron chi connectivity index (χ3n) is 2.30. The van der Waals surface area contributed by atoms with Crippen LogP contribution in [0.5, 0.6) is 0 Å². The highest BCUT2D eigenvalue weighted by Crippen LogP contribution is 2.21. The van der Waals surface area contributed by atoms with Gasteiger partial charge in [0.05, 0.1) is 18.2 Å². The van der Waals surface area contributed by atoms with Gasteiger partial charge in [-0.05, 0) is 6.42 Å². The monoisotopic (exact) mass is 213 g/mol. The normalized spacial score (nSPS) is 25.7. The van der Waals surface area contributed by atoms with Gasteiger partial charge in [-0.1, -0.05) is 0 Å². The second-order valence-corrected chi connectivity index (χ2v) is 3.36. The lowest BCUT2D eigenvalue weighted by molar-refractivity contribution is -0.00344. The fourth-order valence-corrected chi connectivity index (χ4v) is 1.52. The number of H-pyrrole nitrogens is 2. The van der Waals surface area contributed by atoms with Crippen molar-refractivity contribution in [3.8, 4) is 0 Å². The molecule has 0 aromatic carbocycles. The van der Waals surface area contributed by atoms with Crippen molar-refractivity contribution < 1.29 is 9.94 Å². The number of aromatic nitrogens is 2. The largest absolute Gasteiger partial charge is 0.394 e. The van der Waals surface area contributed by atoms with Crippen LogP contribution in [0, 0.1) is 0 Å². The molecule has 1 aromatic rings. The summed E-state index contributed by atoms with van der Waals surface area (Å²) >= 11 is 0. The van der Waals surface area contributed by atoms with E-state index < -0.39 is 11.2 Å². The summed E-state index contributed by atoms with van der Waals surface area (Å²) in [5.41, 5.74) is 2.04. The number of rotatable bonds is 2. The topological polar surface area (TPSA) is 107 Å². The Morgan fingerprint density at radius 2 is 2.33 bits per heavy atom. The summed E-state index contributed by atoms with van der Waals surface area (Å²) in [6.07, 6.45) is 1.52. The predicted molar refractivity (Wildman–Crippen MR) is 50.1 cm³/mol. The first-order valence-electron chi connectivity index (χ1n) is 4.54. The van der Waals surface area contributed by atoms with Crippen LogP contribution in [0.2, 0.25) is 0 Å². The van der Waals surface area contributed by atoms with Gasteiger partial charge in [-0.2, -0.15) is 5.48 Å². The fraction of sp³-hybridized carbons (Fsp3) is 0.500. The zero-order chi connectivity index (χ0) is 10.8. The van der Waals surface area contributed by atoms with Gasteiger partial charge in [0.2, 0.25) is 0 Å². The fourth-order valence-electron chi connectivity index (χ4n) is 1.52. The molecule has 2 atom stereocenters. The standard InChI is InChI=1S/C8H11N3O4/c12-3-4-1-6(11-15-4)5-2-9-8(14)10-7(5)13/h2,4,6,11-12H,1,3H2,(H2,9,10,13,14)/t4-,6-/m0/s1. The highest BCUT2D eigenvalue weighted by Gasteiger charge is 2.27. The van der Waals surface area contributed by atoms with Crippen molar-refractivity contribution in [2.75, 3.05) is 6.61 Å². The van der Waals surface area contributed by atoms with Crippen LogP contribution in [-0.2, 0) is 4.84 Å². The van der Waals surface area contributed by atoms with Gasteiger partial charge < -0.3 is 10.1 Å². The van der Waals surface area contributed by atoms with E-state index >= 15 is 0 Å². The molecule has 0 aliphatic carbocycles. The van der Waals surface area contributed by atoms with Crippen LogP contribution < -0.4 is 16.7 Å². The lowest BCUT2D eigenvalue weighted by Gasteiger charge is -2.05. The molecule has 1 saturated heterocycles. The lowest BCUT2D eigenvalue weighted by Crippen LogP contribution is -2.28. The summed E-state index contributed by atoms with van der Waals surface area (Å²) in [5.74, 6) is 0. The molecule has 0 radical (unpaired) electrons. The summed E-state index contributed by atoms with van der Waals surface area (Å²) in [7, 11) is 0. The Morgan fingerprint density at radius 1 is 1.53 bits per heavy atom. The minimum atomic E-state index is -0.540. The van der Waals surface area contributed by atoms with Gasteiger partial charge in [-0.3, -0.25) is 14.6 Å². The molecule has 2 rings (SSSR count). The second-order valence-electron chi connectivity index (χ2n) is 3.36. The molecule has 1 aliphatic heterocycles. The summed E-state index contributed by atoms with van der Waals surface area (Å²) in [6.45, 7) is -0.106. The number of aliphatic hydroxyl groups is 1. The van der Waals surface area contributed by atoms with Gasteiger partial charge in [0.25, 0.3) is 5.56 Å². The first-order chi connectivity index (χ1) is 7.20. The number of nitrogens with one attached hydrogen (secondary N) is 3. The SMILES string of the molecule is O=c1[nH]cc([C@@H]2C[C@@H](CO)ON2)c(=O)[nH]1. The van der Waals surface area contributed by atoms with E-state index in [-0.39, 0.29) is 18.8 Å². The number of hydroxylamine groups is 1. The van der Waals surface area contributed by atoms with E-state index in [2.05, 4.69) is 15.4 Å². The summed E-state index contributed by atoms with van der Waals surface area (Å²) in [6, 6.07) is -0.303. The van der Waals surface area contributed by atoms with E-state index in [1.54, 1.807) is 0 Å². The van der Waals surface area contributed by atoms with Gasteiger partial charge >= 0.3 is 5.69 Å². The predicted octanol–water partition coefficient (Wildman–Crippen LogP) is -1.61. The molecule has 4 N–H and O–H groups in total. The summed E-state index contributed by atoms with van der Waals surface area (Å²) in [4.78, 5) is 31.7. The molecular formula is C8H11N3O4. The molecule has 7 nitrogen and oxygen atoms in total. The quantitative estimate of drug-likeness (QED) is 0.473. The van der Waals surface area contributed by atoms with Gasteiger partial charge in [0.1, 0.15) is 6.10 Å². The Hall–Kier alpha value is -1.44. The van der Waals surface area contributed by atoms with Gasteiger partial charge in [0.15, 0.2) is 0 Å². The number of aromatic amines is 2. The second kappa shape index (κ2) is 3.97. The molecule has 15 heavy (non-hydrogen) atoms. The number of hydrogen-bond acceptors (Lipinski definition) is 5. The molecule has 7 heteroatoms. The summed E-state index contributed by atoms with van der Waals surface area (Å²) < 4.78 is 0. The first kappa shape index (κ1) is 10.1. The molecule has 2 heterocycles. The van der Waals surface area contributed by atoms with Gasteiger partial charge in [-0.25, -0.2) is 4.79 Å². The van der Waals surface area contributed by atoms with Crippen molar-refractivity contribution in [1.82, 2.24) is 15.4 Å². The Bertz CT molecular complexity index is 452. The molecule has 1 aromatic heterocycles. The van der Waals surface area contributed by atoms with Crippen LogP contribution >= 0.6 is 0 Å². The molecule has 0 unspecified atom stereocenters. The number of hydrogen-bond donors (Lipinski definition) is 4. The molecule has 0 saturated carbocycles. The maximum Gasteiger partial charge on any atom is 0.325 e. The van der Waals surface area contributed by atoms with Crippen LogP contribution in [0.1, 0.15) is 18.0 Å². The van der Waals surface area contributed by atoms with Crippen molar-refractivity contribution >= 4 is 0 Å². The zero-order valence-corrected chi connectivity index (χ0v) is 7.82. The maximum absolute atomic E-state index is 11.4. The van der Waals surface area contributed by atoms with Crippen molar-refractivity contribution in [2.24, 2.45) is 0 Å². The minimum absolute atomic E-state index is 0.106. The average Bonchev–Trinajstić information content (AvgIpc) is 2.66. The Morgan fingerprint density at radius 3 is 2.93 bits per heavy atom. The molecule has 0 spiro atoms. The van der Waals surface area contributed by atoms with Crippen molar-refractivity contribution in [2.45, 2.75) is 18.6 Å². The average molecular weight is 213 g/mol. The third kappa shape index (κ3) is 1.99. The molecule has 0 amide bonds. The Kier molecular flexibility index (Phi) is 2.67. The minimum Gasteiger partial charge on any atom is -0.394 e. The van der Waals surface area contributed by atoms with Crippen molar-refractivity contribution in [3.63, 3.8) is 0 Å². The van der Waals surface area contributed by atoms with Crippen LogP contribution in [0.25, 0.3) is 0 Å². The molecule has 82 valence electrons. The van der Waals surface area contributed by atoms with E-state index in [4.69, 9.17) is 9.94 Å². The van der Waals surface area contributed by atoms with Crippen LogP contribution in [0.15, 0.2) is 15.8 Å². The smallest absolute Gasteiger partial charge is 0.325 e. The van der Waals surface area contributed by atoms with Gasteiger partial charge in [0, 0.05) is 6.20 Å². The van der Waals surface area contributed by atoms with Crippen LogP contribution in [-0.4, -0.2) is 27.8 Å². The Balaban J connectivity index is 2.24. The Labute approximate surface area is 84.1 Å². The first-order valence-corrected chi connectivity index (χ1v) is 4.54. The molecule has 0 bridgehead atoms. The molecular weight excluding hydrogens is 202 g/mol. The van der Waals surface area contributed by atoms with Crippen LogP contribution in [0.3, 0.4) is 0 Å². The van der Waals surface area contributed by atoms with E-state index in [1.165, 1.54) is 6.20 Å². The third-order valence-corrected chi connectivity index (χ3v) is 2.30. The highest BCUT2D eigenvalue weighted by atomic mass is 16.7. The van der Waals surface area contributed by atoms with Crippen molar-refractivity contribution in [1.29, 1.82) is 0 Å². The van der Waals surface area contributed by atoms with Crippen molar-refractivity contribution in [3.05, 3.63) is 32.6 Å². The zero-order valence-electron chi connectivity index (χ0n) is 7.82. The molecule has 1 fully saturated rings.